The Morgan fingerprint density at radius 1 is 1.16 bits per heavy atom. The van der Waals surface area contributed by atoms with Gasteiger partial charge in [-0.2, -0.15) is 4.98 Å². The molecule has 3 aromatic rings. The standard InChI is InChI=1S/C19H20I2N8O2/c1-23-14(30)3-2-8-24-18(31)11-4-6-13(7-5-11)29(21)10-12-9-25-17-15(26-12)16(20)27-19(22)28-17/h4-7,9H,2-3,8,10H2,1H3,(H,23,30)(H,24,31)(H2,22,25,27,28). The van der Waals surface area contributed by atoms with Crippen molar-refractivity contribution in [3.05, 3.63) is 45.4 Å². The van der Waals surface area contributed by atoms with Crippen LogP contribution >= 0.6 is 45.5 Å². The summed E-state index contributed by atoms with van der Waals surface area (Å²) in [6.07, 6.45) is 2.64. The minimum absolute atomic E-state index is 0.0387. The van der Waals surface area contributed by atoms with Gasteiger partial charge in [-0.3, -0.25) is 9.59 Å². The monoisotopic (exact) mass is 646 g/mol. The maximum atomic E-state index is 12.2. The number of anilines is 2. The molecule has 162 valence electrons. The summed E-state index contributed by atoms with van der Waals surface area (Å²) in [5, 5.41) is 5.37. The molecule has 0 atom stereocenters. The second-order valence-corrected chi connectivity index (χ2v) is 8.69. The Morgan fingerprint density at radius 3 is 2.61 bits per heavy atom. The molecule has 3 rings (SSSR count). The van der Waals surface area contributed by atoms with Gasteiger partial charge in [-0.15, -0.1) is 0 Å². The van der Waals surface area contributed by atoms with Gasteiger partial charge in [-0.1, -0.05) is 0 Å². The first-order chi connectivity index (χ1) is 14.9. The third-order valence-electron chi connectivity index (χ3n) is 4.29. The van der Waals surface area contributed by atoms with E-state index in [2.05, 4.69) is 76.0 Å². The largest absolute Gasteiger partial charge is 0.368 e. The fourth-order valence-electron chi connectivity index (χ4n) is 2.69. The van der Waals surface area contributed by atoms with Crippen molar-refractivity contribution < 1.29 is 9.59 Å². The SMILES string of the molecule is CNC(=O)CCCNC(=O)c1ccc(N(I)Cc2cnc3nc(N)nc(I)c3n2)cc1. The lowest BCUT2D eigenvalue weighted by Crippen LogP contribution is -2.26. The van der Waals surface area contributed by atoms with Crippen LogP contribution in [0.15, 0.2) is 30.5 Å². The van der Waals surface area contributed by atoms with Crippen molar-refractivity contribution in [2.45, 2.75) is 19.4 Å². The smallest absolute Gasteiger partial charge is 0.251 e. The number of benzene rings is 1. The van der Waals surface area contributed by atoms with Crippen LogP contribution < -0.4 is 19.5 Å². The summed E-state index contributed by atoms with van der Waals surface area (Å²) in [7, 11) is 1.59. The topological polar surface area (TPSA) is 139 Å². The number of hydrogen-bond acceptors (Lipinski definition) is 8. The second kappa shape index (κ2) is 10.8. The van der Waals surface area contributed by atoms with Crippen molar-refractivity contribution in [2.24, 2.45) is 0 Å². The van der Waals surface area contributed by atoms with Crippen LogP contribution in [0.25, 0.3) is 11.2 Å². The summed E-state index contributed by atoms with van der Waals surface area (Å²) in [5.41, 5.74) is 8.96. The molecule has 0 aliphatic heterocycles. The van der Waals surface area contributed by atoms with E-state index in [-0.39, 0.29) is 17.8 Å². The molecule has 0 spiro atoms. The van der Waals surface area contributed by atoms with Crippen LogP contribution in [0.2, 0.25) is 0 Å². The summed E-state index contributed by atoms with van der Waals surface area (Å²) in [6.45, 7) is 0.955. The number of carbonyl (C=O) groups excluding carboxylic acids is 2. The van der Waals surface area contributed by atoms with Gasteiger partial charge < -0.3 is 19.5 Å². The highest BCUT2D eigenvalue weighted by molar-refractivity contribution is 14.1. The highest BCUT2D eigenvalue weighted by Crippen LogP contribution is 2.22. The number of nitrogens with zero attached hydrogens (tertiary/aromatic N) is 5. The molecule has 0 radical (unpaired) electrons. The van der Waals surface area contributed by atoms with E-state index in [0.717, 1.165) is 11.4 Å². The van der Waals surface area contributed by atoms with Crippen molar-refractivity contribution in [2.75, 3.05) is 22.4 Å². The van der Waals surface area contributed by atoms with Gasteiger partial charge in [0.05, 0.1) is 41.3 Å². The number of nitrogens with one attached hydrogen (secondary N) is 2. The number of aromatic nitrogens is 4. The summed E-state index contributed by atoms with van der Waals surface area (Å²) >= 11 is 4.25. The molecule has 1 aromatic carbocycles. The Bertz CT molecular complexity index is 1090. The van der Waals surface area contributed by atoms with Crippen LogP contribution in [0.5, 0.6) is 0 Å². The van der Waals surface area contributed by atoms with Crippen LogP contribution in [0.4, 0.5) is 11.6 Å². The Labute approximate surface area is 206 Å². The molecule has 2 heterocycles. The van der Waals surface area contributed by atoms with Crippen molar-refractivity contribution in [1.29, 1.82) is 0 Å². The predicted molar refractivity (Wildman–Crippen MR) is 135 cm³/mol. The van der Waals surface area contributed by atoms with Gasteiger partial charge in [0.2, 0.25) is 11.9 Å². The van der Waals surface area contributed by atoms with Crippen LogP contribution in [-0.4, -0.2) is 45.3 Å². The Hall–Kier alpha value is -2.36. The highest BCUT2D eigenvalue weighted by atomic mass is 127. The van der Waals surface area contributed by atoms with Crippen LogP contribution in [-0.2, 0) is 11.3 Å². The highest BCUT2D eigenvalue weighted by Gasteiger charge is 2.12. The van der Waals surface area contributed by atoms with Gasteiger partial charge in [0.1, 0.15) is 9.22 Å². The molecule has 4 N–H and O–H groups in total. The molecule has 0 fully saturated rings. The molecule has 0 bridgehead atoms. The van der Waals surface area contributed by atoms with Crippen LogP contribution in [0.3, 0.4) is 0 Å². The van der Waals surface area contributed by atoms with Gasteiger partial charge in [0, 0.05) is 31.3 Å². The fraction of sp³-hybridized carbons (Fsp3) is 0.263. The normalized spacial score (nSPS) is 10.7. The van der Waals surface area contributed by atoms with Crippen molar-refractivity contribution in [3.8, 4) is 0 Å². The van der Waals surface area contributed by atoms with Crippen LogP contribution in [0, 0.1) is 3.70 Å². The van der Waals surface area contributed by atoms with Crippen molar-refractivity contribution in [1.82, 2.24) is 30.6 Å². The zero-order chi connectivity index (χ0) is 22.4. The summed E-state index contributed by atoms with van der Waals surface area (Å²) < 4.78 is 2.63. The van der Waals surface area contributed by atoms with E-state index in [0.29, 0.717) is 46.4 Å². The minimum Gasteiger partial charge on any atom is -0.368 e. The number of hydrogen-bond donors (Lipinski definition) is 3. The van der Waals surface area contributed by atoms with Gasteiger partial charge >= 0.3 is 0 Å². The number of rotatable bonds is 8. The van der Waals surface area contributed by atoms with Gasteiger partial charge in [0.15, 0.2) is 5.65 Å². The van der Waals surface area contributed by atoms with Crippen LogP contribution in [0.1, 0.15) is 28.9 Å². The number of nitrogens with two attached hydrogens (primary N) is 1. The van der Waals surface area contributed by atoms with Gasteiger partial charge in [-0.05, 0) is 53.3 Å². The number of fused-ring (bicyclic) bond motifs is 1. The first kappa shape index (κ1) is 23.3. The lowest BCUT2D eigenvalue weighted by atomic mass is 10.2. The molecule has 10 nitrogen and oxygen atoms in total. The Morgan fingerprint density at radius 2 is 1.90 bits per heavy atom. The number of nitrogen functional groups attached to an aromatic ring is 1. The van der Waals surface area contributed by atoms with Gasteiger partial charge in [0.25, 0.3) is 5.91 Å². The van der Waals surface area contributed by atoms with E-state index < -0.39 is 0 Å². The Kier molecular flexibility index (Phi) is 8.11. The first-order valence-electron chi connectivity index (χ1n) is 9.34. The number of amides is 2. The third kappa shape index (κ3) is 6.32. The quantitative estimate of drug-likeness (QED) is 0.147. The average Bonchev–Trinajstić information content (AvgIpc) is 2.76. The fourth-order valence-corrected chi connectivity index (χ4v) is 3.97. The van der Waals surface area contributed by atoms with E-state index in [1.807, 2.05) is 15.2 Å². The summed E-state index contributed by atoms with van der Waals surface area (Å²) in [6, 6.07) is 7.27. The lowest BCUT2D eigenvalue weighted by molar-refractivity contribution is -0.120. The molecule has 0 aliphatic carbocycles. The maximum absolute atomic E-state index is 12.2. The zero-order valence-electron chi connectivity index (χ0n) is 16.6. The van der Waals surface area contributed by atoms with E-state index in [1.54, 1.807) is 25.4 Å². The molecule has 12 heteroatoms. The molecule has 2 aromatic heterocycles. The molecule has 0 aliphatic rings. The summed E-state index contributed by atoms with van der Waals surface area (Å²) in [5.74, 6) is -0.0361. The maximum Gasteiger partial charge on any atom is 0.251 e. The number of carbonyl (C=O) groups is 2. The molecular formula is C19H20I2N8O2. The molecule has 2 amide bonds. The number of halogens is 2. The molecule has 0 unspecified atom stereocenters. The van der Waals surface area contributed by atoms with Gasteiger partial charge in [-0.25, -0.2) is 15.0 Å². The zero-order valence-corrected chi connectivity index (χ0v) is 20.9. The Balaban J connectivity index is 1.60. The predicted octanol–water partition coefficient (Wildman–Crippen LogP) is 2.22. The van der Waals surface area contributed by atoms with Crippen molar-refractivity contribution >= 4 is 80.1 Å². The van der Waals surface area contributed by atoms with Crippen molar-refractivity contribution in [3.63, 3.8) is 0 Å². The first-order valence-corrected chi connectivity index (χ1v) is 11.4. The lowest BCUT2D eigenvalue weighted by Gasteiger charge is -2.16. The second-order valence-electron chi connectivity index (χ2n) is 6.51. The van der Waals surface area contributed by atoms with E-state index in [1.165, 1.54) is 0 Å². The van der Waals surface area contributed by atoms with E-state index in [9.17, 15) is 9.59 Å². The molecule has 0 saturated carbocycles. The summed E-state index contributed by atoms with van der Waals surface area (Å²) in [4.78, 5) is 40.6. The third-order valence-corrected chi connectivity index (χ3v) is 5.94. The molecular weight excluding hydrogens is 626 g/mol. The van der Waals surface area contributed by atoms with E-state index in [4.69, 9.17) is 5.73 Å². The molecule has 31 heavy (non-hydrogen) atoms. The van der Waals surface area contributed by atoms with E-state index >= 15 is 0 Å². The average molecular weight is 646 g/mol. The molecule has 0 saturated heterocycles. The minimum atomic E-state index is -0.169.